The Bertz CT molecular complexity index is 805. The van der Waals surface area contributed by atoms with Crippen LogP contribution in [0.3, 0.4) is 0 Å². The summed E-state index contributed by atoms with van der Waals surface area (Å²) in [6, 6.07) is 12.8. The van der Waals surface area contributed by atoms with Crippen LogP contribution in [0.1, 0.15) is 15.9 Å². The smallest absolute Gasteiger partial charge is 0.170 e. The summed E-state index contributed by atoms with van der Waals surface area (Å²) in [5.74, 6) is 0.381. The topological polar surface area (TPSA) is 46.5 Å². The van der Waals surface area contributed by atoms with E-state index in [2.05, 4.69) is 6.07 Å². The molecule has 3 rings (SSSR count). The van der Waals surface area contributed by atoms with Crippen LogP contribution in [0.5, 0.6) is 11.5 Å². The van der Waals surface area contributed by atoms with E-state index >= 15 is 0 Å². The third-order valence-electron chi connectivity index (χ3n) is 3.39. The summed E-state index contributed by atoms with van der Waals surface area (Å²) in [6.07, 6.45) is 0.272. The molecule has 21 heavy (non-hydrogen) atoms. The van der Waals surface area contributed by atoms with Gasteiger partial charge in [0.1, 0.15) is 11.5 Å². The van der Waals surface area contributed by atoms with E-state index in [4.69, 9.17) is 4.74 Å². The van der Waals surface area contributed by atoms with Crippen molar-refractivity contribution in [2.75, 3.05) is 7.11 Å². The van der Waals surface area contributed by atoms with Crippen LogP contribution in [0, 0.1) is 0 Å². The van der Waals surface area contributed by atoms with Gasteiger partial charge in [-0.15, -0.1) is 11.3 Å². The standard InChI is InChI=1S/C17H14O3S/c1-20-13-4-5-14(16(19)10-13)15(18)8-11-2-3-12-6-7-21-17(12)9-11/h2-7,9-10,19H,8H2,1H3. The molecule has 1 aromatic heterocycles. The highest BCUT2D eigenvalue weighted by Gasteiger charge is 2.13. The molecule has 0 saturated heterocycles. The number of fused-ring (bicyclic) bond motifs is 1. The number of rotatable bonds is 4. The van der Waals surface area contributed by atoms with Crippen molar-refractivity contribution in [3.05, 3.63) is 59.0 Å². The SMILES string of the molecule is COc1ccc(C(=O)Cc2ccc3ccsc3c2)c(O)c1. The molecule has 3 aromatic rings. The number of carbonyl (C=O) groups excluding carboxylic acids is 1. The fourth-order valence-electron chi connectivity index (χ4n) is 2.26. The predicted molar refractivity (Wildman–Crippen MR) is 84.5 cm³/mol. The summed E-state index contributed by atoms with van der Waals surface area (Å²) in [5.41, 5.74) is 1.27. The second-order valence-electron chi connectivity index (χ2n) is 4.78. The number of methoxy groups -OCH3 is 1. The Labute approximate surface area is 126 Å². The summed E-state index contributed by atoms with van der Waals surface area (Å²) in [6.45, 7) is 0. The van der Waals surface area contributed by atoms with Crippen LogP contribution in [-0.4, -0.2) is 18.0 Å². The Kier molecular flexibility index (Phi) is 3.62. The van der Waals surface area contributed by atoms with Gasteiger partial charge >= 0.3 is 0 Å². The normalized spacial score (nSPS) is 10.7. The van der Waals surface area contributed by atoms with Crippen molar-refractivity contribution in [2.45, 2.75) is 6.42 Å². The fourth-order valence-corrected chi connectivity index (χ4v) is 3.12. The van der Waals surface area contributed by atoms with E-state index < -0.39 is 0 Å². The third kappa shape index (κ3) is 2.76. The molecule has 0 unspecified atom stereocenters. The van der Waals surface area contributed by atoms with Gasteiger partial charge in [-0.05, 0) is 40.6 Å². The number of aromatic hydroxyl groups is 1. The Morgan fingerprint density at radius 3 is 2.81 bits per heavy atom. The molecule has 0 amide bonds. The lowest BCUT2D eigenvalue weighted by Crippen LogP contribution is -2.04. The second-order valence-corrected chi connectivity index (χ2v) is 5.72. The van der Waals surface area contributed by atoms with Gasteiger partial charge < -0.3 is 9.84 Å². The van der Waals surface area contributed by atoms with Gasteiger partial charge in [0.25, 0.3) is 0 Å². The first-order valence-corrected chi connectivity index (χ1v) is 7.41. The van der Waals surface area contributed by atoms with Gasteiger partial charge in [-0.25, -0.2) is 0 Å². The molecule has 0 saturated carbocycles. The molecule has 0 fully saturated rings. The van der Waals surface area contributed by atoms with E-state index in [9.17, 15) is 9.90 Å². The number of ether oxygens (including phenoxy) is 1. The molecule has 2 aromatic carbocycles. The van der Waals surface area contributed by atoms with Crippen LogP contribution in [0.25, 0.3) is 10.1 Å². The van der Waals surface area contributed by atoms with Crippen LogP contribution in [0.4, 0.5) is 0 Å². The van der Waals surface area contributed by atoms with Gasteiger partial charge in [0.15, 0.2) is 5.78 Å². The molecule has 4 heteroatoms. The highest BCUT2D eigenvalue weighted by molar-refractivity contribution is 7.17. The first-order chi connectivity index (χ1) is 10.2. The van der Waals surface area contributed by atoms with E-state index in [1.165, 1.54) is 23.3 Å². The predicted octanol–water partition coefficient (Wildman–Crippen LogP) is 4.04. The lowest BCUT2D eigenvalue weighted by atomic mass is 10.0. The summed E-state index contributed by atoms with van der Waals surface area (Å²) >= 11 is 1.66. The van der Waals surface area contributed by atoms with Crippen molar-refractivity contribution in [3.63, 3.8) is 0 Å². The molecule has 1 N–H and O–H groups in total. The fraction of sp³-hybridized carbons (Fsp3) is 0.118. The van der Waals surface area contributed by atoms with Crippen LogP contribution in [0.15, 0.2) is 47.8 Å². The first kappa shape index (κ1) is 13.6. The summed E-state index contributed by atoms with van der Waals surface area (Å²) in [4.78, 5) is 12.3. The Hall–Kier alpha value is -2.33. The molecule has 106 valence electrons. The van der Waals surface area contributed by atoms with Crippen LogP contribution >= 0.6 is 11.3 Å². The highest BCUT2D eigenvalue weighted by atomic mass is 32.1. The van der Waals surface area contributed by atoms with Crippen molar-refractivity contribution in [1.29, 1.82) is 0 Å². The van der Waals surface area contributed by atoms with Crippen molar-refractivity contribution < 1.29 is 14.6 Å². The number of ketones is 1. The lowest BCUT2D eigenvalue weighted by Gasteiger charge is -2.06. The number of phenolic OH excluding ortho intramolecular Hbond substituents is 1. The van der Waals surface area contributed by atoms with Gasteiger partial charge in [0, 0.05) is 17.2 Å². The minimum Gasteiger partial charge on any atom is -0.507 e. The molecule has 0 aliphatic carbocycles. The number of phenols is 1. The molecular formula is C17H14O3S. The maximum Gasteiger partial charge on any atom is 0.170 e. The Balaban J connectivity index is 1.85. The molecule has 1 heterocycles. The summed E-state index contributed by atoms with van der Waals surface area (Å²) in [5, 5.41) is 13.1. The zero-order chi connectivity index (χ0) is 14.8. The quantitative estimate of drug-likeness (QED) is 0.739. The number of benzene rings is 2. The minimum absolute atomic E-state index is 0.0449. The largest absolute Gasteiger partial charge is 0.507 e. The van der Waals surface area contributed by atoms with Crippen molar-refractivity contribution >= 4 is 27.2 Å². The first-order valence-electron chi connectivity index (χ1n) is 6.54. The van der Waals surface area contributed by atoms with Crippen molar-refractivity contribution in [3.8, 4) is 11.5 Å². The van der Waals surface area contributed by atoms with Crippen LogP contribution < -0.4 is 4.74 Å². The van der Waals surface area contributed by atoms with E-state index in [1.807, 2.05) is 23.6 Å². The maximum atomic E-state index is 12.3. The van der Waals surface area contributed by atoms with Crippen molar-refractivity contribution in [2.24, 2.45) is 0 Å². The molecule has 0 atom stereocenters. The molecule has 3 nitrogen and oxygen atoms in total. The van der Waals surface area contributed by atoms with E-state index in [0.717, 1.165) is 5.56 Å². The van der Waals surface area contributed by atoms with Gasteiger partial charge in [-0.3, -0.25) is 4.79 Å². The monoisotopic (exact) mass is 298 g/mol. The van der Waals surface area contributed by atoms with Gasteiger partial charge in [0.2, 0.25) is 0 Å². The van der Waals surface area contributed by atoms with Crippen LogP contribution in [0.2, 0.25) is 0 Å². The second kappa shape index (κ2) is 5.58. The number of hydrogen-bond acceptors (Lipinski definition) is 4. The van der Waals surface area contributed by atoms with Gasteiger partial charge in [-0.1, -0.05) is 12.1 Å². The summed E-state index contributed by atoms with van der Waals surface area (Å²) < 4.78 is 6.18. The molecule has 0 radical (unpaired) electrons. The number of Topliss-reactive ketones (excluding diaryl/α,β-unsaturated/α-hetero) is 1. The zero-order valence-corrected chi connectivity index (χ0v) is 12.3. The number of thiophene rings is 1. The zero-order valence-electron chi connectivity index (χ0n) is 11.5. The molecular weight excluding hydrogens is 284 g/mol. The lowest BCUT2D eigenvalue weighted by molar-refractivity contribution is 0.0990. The highest BCUT2D eigenvalue weighted by Crippen LogP contribution is 2.26. The average Bonchev–Trinajstić information content (AvgIpc) is 2.94. The third-order valence-corrected chi connectivity index (χ3v) is 4.27. The number of hydrogen-bond donors (Lipinski definition) is 1. The molecule has 0 aliphatic rings. The van der Waals surface area contributed by atoms with E-state index in [-0.39, 0.29) is 18.0 Å². The maximum absolute atomic E-state index is 12.3. The Morgan fingerprint density at radius 2 is 2.05 bits per heavy atom. The Morgan fingerprint density at radius 1 is 1.19 bits per heavy atom. The van der Waals surface area contributed by atoms with E-state index in [0.29, 0.717) is 11.3 Å². The van der Waals surface area contributed by atoms with Gasteiger partial charge in [-0.2, -0.15) is 0 Å². The molecule has 0 bridgehead atoms. The minimum atomic E-state index is -0.106. The summed E-state index contributed by atoms with van der Waals surface area (Å²) in [7, 11) is 1.52. The van der Waals surface area contributed by atoms with E-state index in [1.54, 1.807) is 23.5 Å². The number of carbonyl (C=O) groups is 1. The van der Waals surface area contributed by atoms with Crippen molar-refractivity contribution in [1.82, 2.24) is 0 Å². The van der Waals surface area contributed by atoms with Crippen LogP contribution in [-0.2, 0) is 6.42 Å². The molecule has 0 aliphatic heterocycles. The molecule has 0 spiro atoms. The average molecular weight is 298 g/mol. The van der Waals surface area contributed by atoms with Gasteiger partial charge in [0.05, 0.1) is 12.7 Å².